The summed E-state index contributed by atoms with van der Waals surface area (Å²) in [4.78, 5) is 4.74. The number of nitrogens with zero attached hydrogens (tertiary/aromatic N) is 1. The molecule has 116 valence electrons. The first-order chi connectivity index (χ1) is 10.9. The van der Waals surface area contributed by atoms with Crippen molar-refractivity contribution < 1.29 is 8.42 Å². The first-order valence-electron chi connectivity index (χ1n) is 6.96. The molecule has 0 aliphatic rings. The molecular weight excluding hydrogens is 330 g/mol. The number of aromatic nitrogens is 1. The van der Waals surface area contributed by atoms with E-state index in [0.717, 1.165) is 22.4 Å². The number of pyridine rings is 1. The molecule has 0 aliphatic carbocycles. The van der Waals surface area contributed by atoms with Crippen LogP contribution >= 0.6 is 11.6 Å². The number of hydrogen-bond donors (Lipinski definition) is 0. The average molecular weight is 344 g/mol. The van der Waals surface area contributed by atoms with Gasteiger partial charge in [0.1, 0.15) is 0 Å². The first kappa shape index (κ1) is 15.7. The summed E-state index contributed by atoms with van der Waals surface area (Å²) in [5.74, 6) is 0. The Balaban J connectivity index is 2.14. The van der Waals surface area contributed by atoms with Crippen LogP contribution in [0.2, 0.25) is 5.02 Å². The van der Waals surface area contributed by atoms with Gasteiger partial charge >= 0.3 is 0 Å². The van der Waals surface area contributed by atoms with E-state index >= 15 is 0 Å². The van der Waals surface area contributed by atoms with Crippen molar-refractivity contribution in [3.63, 3.8) is 0 Å². The maximum atomic E-state index is 11.6. The van der Waals surface area contributed by atoms with Gasteiger partial charge in [-0.05, 0) is 23.8 Å². The second-order valence-corrected chi connectivity index (χ2v) is 7.66. The van der Waals surface area contributed by atoms with Crippen LogP contribution in [0.5, 0.6) is 0 Å². The first-order valence-corrected chi connectivity index (χ1v) is 9.23. The van der Waals surface area contributed by atoms with Crippen molar-refractivity contribution in [2.75, 3.05) is 6.26 Å². The number of hydrogen-bond acceptors (Lipinski definition) is 3. The molecule has 23 heavy (non-hydrogen) atoms. The standard InChI is InChI=1S/C18H14ClNO2S/c1-23(21,22)16-9-7-13(8-10-16)17-11-15(19)12-20-18(17)14-5-3-2-4-6-14/h2-12H,1H3. The second-order valence-electron chi connectivity index (χ2n) is 5.21. The maximum Gasteiger partial charge on any atom is 0.175 e. The van der Waals surface area contributed by atoms with E-state index in [9.17, 15) is 8.42 Å². The molecule has 0 N–H and O–H groups in total. The van der Waals surface area contributed by atoms with Gasteiger partial charge in [0.05, 0.1) is 15.6 Å². The SMILES string of the molecule is CS(=O)(=O)c1ccc(-c2cc(Cl)cnc2-c2ccccc2)cc1. The Labute approximate surface area is 140 Å². The number of rotatable bonds is 3. The molecule has 3 aromatic rings. The molecule has 1 aromatic heterocycles. The van der Waals surface area contributed by atoms with Gasteiger partial charge in [0.2, 0.25) is 0 Å². The lowest BCUT2D eigenvalue weighted by molar-refractivity contribution is 0.602. The van der Waals surface area contributed by atoms with Crippen molar-refractivity contribution in [2.24, 2.45) is 0 Å². The number of halogens is 1. The second kappa shape index (κ2) is 6.14. The maximum absolute atomic E-state index is 11.6. The molecule has 3 nitrogen and oxygen atoms in total. The van der Waals surface area contributed by atoms with Gasteiger partial charge < -0.3 is 0 Å². The van der Waals surface area contributed by atoms with Crippen molar-refractivity contribution in [3.8, 4) is 22.4 Å². The molecule has 0 aliphatic heterocycles. The molecule has 2 aromatic carbocycles. The van der Waals surface area contributed by atoms with Gasteiger partial charge in [-0.2, -0.15) is 0 Å². The molecule has 0 spiro atoms. The average Bonchev–Trinajstić information content (AvgIpc) is 2.55. The minimum atomic E-state index is -3.21. The van der Waals surface area contributed by atoms with Crippen LogP contribution in [-0.4, -0.2) is 19.7 Å². The van der Waals surface area contributed by atoms with Crippen LogP contribution in [0.3, 0.4) is 0 Å². The van der Waals surface area contributed by atoms with Crippen LogP contribution in [0.4, 0.5) is 0 Å². The zero-order valence-electron chi connectivity index (χ0n) is 12.4. The summed E-state index contributed by atoms with van der Waals surface area (Å²) >= 11 is 6.10. The van der Waals surface area contributed by atoms with Crippen molar-refractivity contribution in [2.45, 2.75) is 4.90 Å². The fourth-order valence-electron chi connectivity index (χ4n) is 2.37. The minimum Gasteiger partial charge on any atom is -0.254 e. The van der Waals surface area contributed by atoms with E-state index in [0.29, 0.717) is 5.02 Å². The molecule has 0 fully saturated rings. The molecule has 0 unspecified atom stereocenters. The van der Waals surface area contributed by atoms with Crippen molar-refractivity contribution in [3.05, 3.63) is 71.9 Å². The molecule has 1 heterocycles. The van der Waals surface area contributed by atoms with Crippen molar-refractivity contribution in [1.29, 1.82) is 0 Å². The topological polar surface area (TPSA) is 47.0 Å². The van der Waals surface area contributed by atoms with E-state index in [4.69, 9.17) is 11.6 Å². The van der Waals surface area contributed by atoms with Gasteiger partial charge in [-0.3, -0.25) is 4.98 Å². The summed E-state index contributed by atoms with van der Waals surface area (Å²) in [6, 6.07) is 18.4. The van der Waals surface area contributed by atoms with Crippen molar-refractivity contribution in [1.82, 2.24) is 4.98 Å². The smallest absolute Gasteiger partial charge is 0.175 e. The monoisotopic (exact) mass is 343 g/mol. The lowest BCUT2D eigenvalue weighted by Gasteiger charge is -2.10. The highest BCUT2D eigenvalue weighted by molar-refractivity contribution is 7.90. The third-order valence-corrected chi connectivity index (χ3v) is 4.83. The van der Waals surface area contributed by atoms with Crippen molar-refractivity contribution >= 4 is 21.4 Å². The minimum absolute atomic E-state index is 0.289. The van der Waals surface area contributed by atoms with Gasteiger partial charge in [0, 0.05) is 23.6 Å². The van der Waals surface area contributed by atoms with E-state index in [1.165, 1.54) is 6.26 Å². The Morgan fingerprint density at radius 3 is 2.17 bits per heavy atom. The Hall–Kier alpha value is -2.17. The number of benzene rings is 2. The quantitative estimate of drug-likeness (QED) is 0.704. The summed E-state index contributed by atoms with van der Waals surface area (Å²) in [5, 5.41) is 0.534. The predicted molar refractivity (Wildman–Crippen MR) is 93.2 cm³/mol. The Morgan fingerprint density at radius 1 is 0.913 bits per heavy atom. The van der Waals surface area contributed by atoms with Gasteiger partial charge in [0.25, 0.3) is 0 Å². The lowest BCUT2D eigenvalue weighted by atomic mass is 9.99. The molecule has 5 heteroatoms. The molecule has 3 rings (SSSR count). The normalized spacial score (nSPS) is 11.4. The largest absolute Gasteiger partial charge is 0.254 e. The lowest BCUT2D eigenvalue weighted by Crippen LogP contribution is -1.96. The third kappa shape index (κ3) is 3.44. The predicted octanol–water partition coefficient (Wildman–Crippen LogP) is 4.47. The Morgan fingerprint density at radius 2 is 1.57 bits per heavy atom. The van der Waals surface area contributed by atoms with E-state index in [1.807, 2.05) is 36.4 Å². The van der Waals surface area contributed by atoms with Gasteiger partial charge in [-0.25, -0.2) is 8.42 Å². The zero-order valence-corrected chi connectivity index (χ0v) is 14.0. The van der Waals surface area contributed by atoms with Crippen LogP contribution in [0.15, 0.2) is 71.8 Å². The van der Waals surface area contributed by atoms with Crippen LogP contribution < -0.4 is 0 Å². The highest BCUT2D eigenvalue weighted by Crippen LogP contribution is 2.32. The van der Waals surface area contributed by atoms with E-state index in [2.05, 4.69) is 4.98 Å². The highest BCUT2D eigenvalue weighted by atomic mass is 35.5. The van der Waals surface area contributed by atoms with E-state index < -0.39 is 9.84 Å². The summed E-state index contributed by atoms with van der Waals surface area (Å²) in [7, 11) is -3.21. The van der Waals surface area contributed by atoms with Crippen LogP contribution in [0, 0.1) is 0 Å². The van der Waals surface area contributed by atoms with Gasteiger partial charge in [-0.1, -0.05) is 54.1 Å². The van der Waals surface area contributed by atoms with Gasteiger partial charge in [0.15, 0.2) is 9.84 Å². The molecule has 0 saturated heterocycles. The molecule has 0 radical (unpaired) electrons. The number of sulfone groups is 1. The Kier molecular flexibility index (Phi) is 4.20. The summed E-state index contributed by atoms with van der Waals surface area (Å²) in [6.45, 7) is 0. The van der Waals surface area contributed by atoms with Crippen LogP contribution in [0.25, 0.3) is 22.4 Å². The fraction of sp³-hybridized carbons (Fsp3) is 0.0556. The fourth-order valence-corrected chi connectivity index (χ4v) is 3.16. The van der Waals surface area contributed by atoms with E-state index in [-0.39, 0.29) is 4.90 Å². The molecule has 0 bridgehead atoms. The third-order valence-electron chi connectivity index (χ3n) is 3.50. The molecular formula is C18H14ClNO2S. The highest BCUT2D eigenvalue weighted by Gasteiger charge is 2.12. The van der Waals surface area contributed by atoms with E-state index in [1.54, 1.807) is 30.5 Å². The van der Waals surface area contributed by atoms with Crippen LogP contribution in [0.1, 0.15) is 0 Å². The Bertz CT molecular complexity index is 937. The molecule has 0 atom stereocenters. The molecule has 0 amide bonds. The van der Waals surface area contributed by atoms with Crippen LogP contribution in [-0.2, 0) is 9.84 Å². The summed E-state index contributed by atoms with van der Waals surface area (Å²) < 4.78 is 23.2. The summed E-state index contributed by atoms with van der Waals surface area (Å²) in [5.41, 5.74) is 3.52. The van der Waals surface area contributed by atoms with Gasteiger partial charge in [-0.15, -0.1) is 0 Å². The zero-order chi connectivity index (χ0) is 16.4. The molecule has 0 saturated carbocycles. The summed E-state index contributed by atoms with van der Waals surface area (Å²) in [6.07, 6.45) is 2.80.